The Bertz CT molecular complexity index is 3480. The lowest BCUT2D eigenvalue weighted by molar-refractivity contribution is 1.07. The van der Waals surface area contributed by atoms with Crippen LogP contribution < -0.4 is 5.73 Å². The van der Waals surface area contributed by atoms with Crippen LogP contribution in [0.3, 0.4) is 0 Å². The first-order chi connectivity index (χ1) is 32.1. The molecule has 0 spiro atoms. The maximum Gasteiger partial charge on any atom is 0.0671 e. The summed E-state index contributed by atoms with van der Waals surface area (Å²) < 4.78 is 2.43. The second-order valence-corrected chi connectivity index (χ2v) is 17.5. The number of hydrogen-bond donors (Lipinski definition) is 1. The van der Waals surface area contributed by atoms with Crippen LogP contribution >= 0.6 is 11.3 Å². The Morgan fingerprint density at radius 2 is 0.938 bits per heavy atom. The van der Waals surface area contributed by atoms with E-state index in [4.69, 9.17) is 10.7 Å². The molecule has 0 saturated carbocycles. The van der Waals surface area contributed by atoms with Crippen molar-refractivity contribution in [3.63, 3.8) is 0 Å². The first-order valence-electron chi connectivity index (χ1n) is 22.1. The van der Waals surface area contributed by atoms with Crippen LogP contribution in [0.2, 0.25) is 0 Å². The fourth-order valence-corrected chi connectivity index (χ4v) is 10.4. The summed E-state index contributed by atoms with van der Waals surface area (Å²) in [6.07, 6.45) is 2.11. The maximum atomic E-state index is 7.41. The van der Waals surface area contributed by atoms with Crippen molar-refractivity contribution in [2.24, 2.45) is 10.7 Å². The molecule has 0 aliphatic carbocycles. The number of thiophene rings is 1. The van der Waals surface area contributed by atoms with Gasteiger partial charge in [0.1, 0.15) is 0 Å². The number of nitrogens with two attached hydrogens (primary N) is 1. The van der Waals surface area contributed by atoms with Gasteiger partial charge in [-0.3, -0.25) is 4.99 Å². The number of allylic oxidation sites excluding steroid dienone is 1. The molecule has 2 nitrogen and oxygen atoms in total. The predicted molar refractivity (Wildman–Crippen MR) is 279 cm³/mol. The van der Waals surface area contributed by atoms with Gasteiger partial charge in [0.25, 0.3) is 0 Å². The fourth-order valence-electron chi connectivity index (χ4n) is 9.15. The standard InChI is InChI=1S/C62H44N2S/c63-57(56-37-47-30-16-17-31-52(47)61-53-32-18-19-33-59(53)65-62(56)61)40-58(64-41-42-20-6-1-7-21-42)51-35-48(43-22-8-2-9-23-43)34-49(36-51)50-38-54(44-24-10-3-11-25-44)60(46-28-14-5-15-29-46)55(39-50)45-26-12-4-13-27-45/h1-40H,41,63H2/b57-40-,64-58+. The summed E-state index contributed by atoms with van der Waals surface area (Å²) in [6.45, 7) is 0.503. The lowest BCUT2D eigenvalue weighted by Crippen LogP contribution is -2.06. The molecule has 0 aliphatic rings. The van der Waals surface area contributed by atoms with Gasteiger partial charge in [-0.05, 0) is 121 Å². The molecular weight excluding hydrogens is 805 g/mol. The second-order valence-electron chi connectivity index (χ2n) is 16.4. The van der Waals surface area contributed by atoms with E-state index in [9.17, 15) is 0 Å². The minimum atomic E-state index is 0.503. The van der Waals surface area contributed by atoms with E-state index in [1.54, 1.807) is 11.3 Å². The number of fused-ring (bicyclic) bond motifs is 5. The van der Waals surface area contributed by atoms with Crippen molar-refractivity contribution >= 4 is 53.7 Å². The van der Waals surface area contributed by atoms with E-state index in [-0.39, 0.29) is 0 Å². The zero-order valence-corrected chi connectivity index (χ0v) is 36.6. The van der Waals surface area contributed by atoms with Crippen LogP contribution in [0.1, 0.15) is 16.7 Å². The highest BCUT2D eigenvalue weighted by atomic mass is 32.1. The average molecular weight is 849 g/mol. The average Bonchev–Trinajstić information content (AvgIpc) is 3.78. The van der Waals surface area contributed by atoms with E-state index in [0.717, 1.165) is 61.2 Å². The molecule has 11 aromatic rings. The minimum absolute atomic E-state index is 0.503. The SMILES string of the molecule is N/C(=C\C(=N/Cc1ccccc1)c1cc(-c2ccccc2)cc(-c2cc(-c3ccccc3)c(-c3ccccc3)c(-c3ccccc3)c2)c1)c1cc2ccccc2c2c1sc1ccccc12. The molecule has 0 bridgehead atoms. The highest BCUT2D eigenvalue weighted by molar-refractivity contribution is 7.26. The Balaban J connectivity index is 1.16. The van der Waals surface area contributed by atoms with Gasteiger partial charge >= 0.3 is 0 Å². The lowest BCUT2D eigenvalue weighted by Gasteiger charge is -2.20. The minimum Gasteiger partial charge on any atom is -0.398 e. The first kappa shape index (κ1) is 39.7. The van der Waals surface area contributed by atoms with E-state index in [1.165, 1.54) is 47.8 Å². The lowest BCUT2D eigenvalue weighted by atomic mass is 9.84. The van der Waals surface area contributed by atoms with Crippen LogP contribution in [-0.2, 0) is 6.54 Å². The highest BCUT2D eigenvalue weighted by Gasteiger charge is 2.20. The molecule has 0 saturated heterocycles. The van der Waals surface area contributed by atoms with E-state index < -0.39 is 0 Å². The van der Waals surface area contributed by atoms with Crippen molar-refractivity contribution in [3.8, 4) is 55.6 Å². The summed E-state index contributed by atoms with van der Waals surface area (Å²) >= 11 is 1.80. The third-order valence-electron chi connectivity index (χ3n) is 12.3. The second kappa shape index (κ2) is 17.6. The molecular formula is C62H44N2S. The number of benzene rings is 10. The topological polar surface area (TPSA) is 38.4 Å². The number of rotatable bonds is 10. The Hall–Kier alpha value is -8.11. The maximum absolute atomic E-state index is 7.41. The zero-order valence-electron chi connectivity index (χ0n) is 35.7. The van der Waals surface area contributed by atoms with E-state index in [2.05, 4.69) is 237 Å². The molecule has 308 valence electrons. The van der Waals surface area contributed by atoms with Crippen LogP contribution in [0.4, 0.5) is 0 Å². The van der Waals surface area contributed by atoms with Gasteiger partial charge in [0.05, 0.1) is 12.3 Å². The smallest absolute Gasteiger partial charge is 0.0671 e. The van der Waals surface area contributed by atoms with Gasteiger partial charge in [0, 0.05) is 37.0 Å². The van der Waals surface area contributed by atoms with Gasteiger partial charge in [0.15, 0.2) is 0 Å². The molecule has 0 amide bonds. The first-order valence-corrected chi connectivity index (χ1v) is 22.9. The van der Waals surface area contributed by atoms with Crippen LogP contribution in [0, 0.1) is 0 Å². The van der Waals surface area contributed by atoms with Crippen LogP contribution in [0.15, 0.2) is 248 Å². The van der Waals surface area contributed by atoms with Crippen LogP contribution in [0.5, 0.6) is 0 Å². The summed E-state index contributed by atoms with van der Waals surface area (Å²) in [5.74, 6) is 0. The Morgan fingerprint density at radius 3 is 1.57 bits per heavy atom. The molecule has 1 aromatic heterocycles. The summed E-state index contributed by atoms with van der Waals surface area (Å²) in [5, 5.41) is 4.89. The fraction of sp³-hybridized carbons (Fsp3) is 0.0161. The molecule has 65 heavy (non-hydrogen) atoms. The quantitative estimate of drug-likeness (QED) is 0.137. The van der Waals surface area contributed by atoms with Gasteiger partial charge in [-0.25, -0.2) is 0 Å². The Morgan fingerprint density at radius 1 is 0.446 bits per heavy atom. The summed E-state index contributed by atoms with van der Waals surface area (Å²) in [4.78, 5) is 5.43. The monoisotopic (exact) mass is 848 g/mol. The third-order valence-corrected chi connectivity index (χ3v) is 13.5. The predicted octanol–water partition coefficient (Wildman–Crippen LogP) is 16.5. The molecule has 2 N–H and O–H groups in total. The van der Waals surface area contributed by atoms with Gasteiger partial charge in [-0.1, -0.05) is 194 Å². The van der Waals surface area contributed by atoms with Crippen molar-refractivity contribution < 1.29 is 0 Å². The largest absolute Gasteiger partial charge is 0.398 e. The zero-order chi connectivity index (χ0) is 43.5. The summed E-state index contributed by atoms with van der Waals surface area (Å²) in [7, 11) is 0. The van der Waals surface area contributed by atoms with Crippen LogP contribution in [0.25, 0.3) is 92.3 Å². The summed E-state index contributed by atoms with van der Waals surface area (Å²) in [6, 6.07) is 84.7. The molecule has 1 heterocycles. The Labute approximate surface area is 384 Å². The van der Waals surface area contributed by atoms with Gasteiger partial charge < -0.3 is 5.73 Å². The van der Waals surface area contributed by atoms with Crippen molar-refractivity contribution in [2.75, 3.05) is 0 Å². The molecule has 0 aliphatic heterocycles. The van der Waals surface area contributed by atoms with Crippen LogP contribution in [-0.4, -0.2) is 5.71 Å². The molecule has 0 atom stereocenters. The highest BCUT2D eigenvalue weighted by Crippen LogP contribution is 2.45. The van der Waals surface area contributed by atoms with E-state index in [1.807, 2.05) is 6.07 Å². The van der Waals surface area contributed by atoms with Gasteiger partial charge in [-0.15, -0.1) is 11.3 Å². The molecule has 10 aromatic carbocycles. The van der Waals surface area contributed by atoms with Crippen molar-refractivity contribution in [2.45, 2.75) is 6.54 Å². The Kier molecular flexibility index (Phi) is 10.7. The van der Waals surface area contributed by atoms with Gasteiger partial charge in [-0.2, -0.15) is 0 Å². The van der Waals surface area contributed by atoms with E-state index in [0.29, 0.717) is 12.2 Å². The van der Waals surface area contributed by atoms with Gasteiger partial charge in [0.2, 0.25) is 0 Å². The molecule has 0 radical (unpaired) electrons. The molecule has 3 heteroatoms. The number of hydrogen-bond acceptors (Lipinski definition) is 3. The van der Waals surface area contributed by atoms with E-state index >= 15 is 0 Å². The van der Waals surface area contributed by atoms with Crippen molar-refractivity contribution in [3.05, 3.63) is 259 Å². The number of nitrogens with zero attached hydrogens (tertiary/aromatic N) is 1. The van der Waals surface area contributed by atoms with Crippen molar-refractivity contribution in [1.82, 2.24) is 0 Å². The molecule has 0 fully saturated rings. The molecule has 0 unspecified atom stereocenters. The summed E-state index contributed by atoms with van der Waals surface area (Å²) in [5.41, 5.74) is 23.5. The van der Waals surface area contributed by atoms with Crippen molar-refractivity contribution in [1.29, 1.82) is 0 Å². The number of aliphatic imine (C=N–C) groups is 1. The molecule has 11 rings (SSSR count). The normalized spacial score (nSPS) is 12.0. The third kappa shape index (κ3) is 7.95.